The van der Waals surface area contributed by atoms with Gasteiger partial charge in [-0.15, -0.1) is 0 Å². The molecule has 1 aliphatic heterocycles. The molecule has 2 amide bonds. The molecule has 5 heteroatoms. The summed E-state index contributed by atoms with van der Waals surface area (Å²) >= 11 is 2.56. The fourth-order valence-electron chi connectivity index (χ4n) is 2.09. The summed E-state index contributed by atoms with van der Waals surface area (Å²) in [5, 5.41) is -0.241. The number of unbranched alkanes of at least 4 members (excludes halogenated alkanes) is 5. The van der Waals surface area contributed by atoms with Gasteiger partial charge in [0, 0.05) is 4.75 Å². The van der Waals surface area contributed by atoms with Gasteiger partial charge >= 0.3 is 0 Å². The molecule has 0 N–H and O–H groups in total. The Morgan fingerprint density at radius 2 is 1.70 bits per heavy atom. The Balaban J connectivity index is 2.31. The second kappa shape index (κ2) is 8.32. The van der Waals surface area contributed by atoms with Crippen molar-refractivity contribution in [3.05, 3.63) is 0 Å². The fraction of sp³-hybridized carbons (Fsp3) is 0.867. The molecule has 1 unspecified atom stereocenters. The first-order valence-electron chi connectivity index (χ1n) is 7.59. The van der Waals surface area contributed by atoms with Gasteiger partial charge in [-0.05, 0) is 50.9 Å². The number of amides is 2. The first-order chi connectivity index (χ1) is 9.35. The van der Waals surface area contributed by atoms with E-state index in [1.54, 1.807) is 0 Å². The van der Waals surface area contributed by atoms with Crippen molar-refractivity contribution in [3.63, 3.8) is 0 Å². The topological polar surface area (TPSA) is 37.4 Å². The molecule has 0 spiro atoms. The zero-order valence-electron chi connectivity index (χ0n) is 13.1. The van der Waals surface area contributed by atoms with Crippen molar-refractivity contribution in [1.82, 2.24) is 4.31 Å². The Hall–Kier alpha value is -0.160. The number of thioether (sulfide) groups is 1. The van der Waals surface area contributed by atoms with Gasteiger partial charge in [0.25, 0.3) is 11.1 Å². The maximum atomic E-state index is 12.2. The summed E-state index contributed by atoms with van der Waals surface area (Å²) in [5.74, 6) is -0.00603. The van der Waals surface area contributed by atoms with E-state index in [9.17, 15) is 9.59 Å². The molecule has 1 fully saturated rings. The van der Waals surface area contributed by atoms with Crippen molar-refractivity contribution in [2.75, 3.05) is 0 Å². The smallest absolute Gasteiger partial charge is 0.272 e. The van der Waals surface area contributed by atoms with Crippen LogP contribution in [0.15, 0.2) is 0 Å². The third kappa shape index (κ3) is 6.08. The lowest BCUT2D eigenvalue weighted by Crippen LogP contribution is -2.29. The standard InChI is InChI=1S/C15H27NO2S2/c1-5-6-7-8-9-10-11-12-13(17)16(14(18)19-12)20-15(2,3)4/h12H,5-11H2,1-4H3. The normalized spacial score (nSPS) is 20.0. The third-order valence-corrected chi connectivity index (χ3v) is 5.37. The van der Waals surface area contributed by atoms with Gasteiger partial charge in [-0.2, -0.15) is 0 Å². The number of hydrogen-bond donors (Lipinski definition) is 0. The highest BCUT2D eigenvalue weighted by Gasteiger charge is 2.41. The van der Waals surface area contributed by atoms with E-state index in [4.69, 9.17) is 0 Å². The summed E-state index contributed by atoms with van der Waals surface area (Å²) in [6.45, 7) is 8.26. The van der Waals surface area contributed by atoms with E-state index < -0.39 is 0 Å². The monoisotopic (exact) mass is 317 g/mol. The molecular formula is C15H27NO2S2. The van der Waals surface area contributed by atoms with Crippen molar-refractivity contribution < 1.29 is 9.59 Å². The molecule has 1 aliphatic rings. The maximum Gasteiger partial charge on any atom is 0.299 e. The predicted molar refractivity (Wildman–Crippen MR) is 89.0 cm³/mol. The molecule has 0 saturated carbocycles. The summed E-state index contributed by atoms with van der Waals surface area (Å²) in [6, 6.07) is 0. The van der Waals surface area contributed by atoms with E-state index in [0.717, 1.165) is 12.8 Å². The van der Waals surface area contributed by atoms with E-state index in [1.165, 1.54) is 60.1 Å². The molecule has 0 aliphatic carbocycles. The number of hydrogen-bond acceptors (Lipinski definition) is 4. The second-order valence-corrected chi connectivity index (χ2v) is 9.19. The van der Waals surface area contributed by atoms with Crippen LogP contribution in [0.4, 0.5) is 4.79 Å². The van der Waals surface area contributed by atoms with Gasteiger partial charge < -0.3 is 0 Å². The van der Waals surface area contributed by atoms with Crippen LogP contribution in [-0.2, 0) is 4.79 Å². The number of rotatable bonds is 8. The molecule has 0 bridgehead atoms. The molecule has 0 aromatic carbocycles. The highest BCUT2D eigenvalue weighted by atomic mass is 32.2. The van der Waals surface area contributed by atoms with E-state index in [-0.39, 0.29) is 21.1 Å². The molecule has 0 radical (unpaired) electrons. The van der Waals surface area contributed by atoms with Gasteiger partial charge in [-0.25, -0.2) is 4.31 Å². The Labute approximate surface area is 131 Å². The van der Waals surface area contributed by atoms with Crippen molar-refractivity contribution in [2.45, 2.75) is 82.6 Å². The summed E-state index contributed by atoms with van der Waals surface area (Å²) in [5.41, 5.74) is 0. The van der Waals surface area contributed by atoms with E-state index in [1.807, 2.05) is 20.8 Å². The first-order valence-corrected chi connectivity index (χ1v) is 9.24. The fourth-order valence-corrected chi connectivity index (χ4v) is 4.16. The van der Waals surface area contributed by atoms with Gasteiger partial charge in [0.2, 0.25) is 0 Å². The second-order valence-electron chi connectivity index (χ2n) is 6.27. The van der Waals surface area contributed by atoms with Crippen LogP contribution < -0.4 is 0 Å². The largest absolute Gasteiger partial charge is 0.299 e. The molecule has 1 heterocycles. The predicted octanol–water partition coefficient (Wildman–Crippen LogP) is 5.25. The summed E-state index contributed by atoms with van der Waals surface area (Å²) in [4.78, 5) is 24.1. The van der Waals surface area contributed by atoms with Crippen LogP contribution in [0, 0.1) is 0 Å². The number of nitrogens with zero attached hydrogens (tertiary/aromatic N) is 1. The van der Waals surface area contributed by atoms with Gasteiger partial charge in [0.05, 0.1) is 5.25 Å². The van der Waals surface area contributed by atoms with Crippen LogP contribution >= 0.6 is 23.7 Å². The molecule has 1 rings (SSSR count). The summed E-state index contributed by atoms with van der Waals surface area (Å²) in [7, 11) is 0. The van der Waals surface area contributed by atoms with Crippen molar-refractivity contribution in [1.29, 1.82) is 0 Å². The minimum absolute atomic E-state index is 0.00603. The van der Waals surface area contributed by atoms with E-state index in [0.29, 0.717) is 0 Å². The molecular weight excluding hydrogens is 290 g/mol. The summed E-state index contributed by atoms with van der Waals surface area (Å²) in [6.07, 6.45) is 8.14. The number of carbonyl (C=O) groups is 2. The third-order valence-electron chi connectivity index (χ3n) is 3.07. The Morgan fingerprint density at radius 3 is 2.30 bits per heavy atom. The van der Waals surface area contributed by atoms with Crippen LogP contribution in [0.2, 0.25) is 0 Å². The number of carbonyl (C=O) groups excluding carboxylic acids is 2. The molecule has 3 nitrogen and oxygen atoms in total. The van der Waals surface area contributed by atoms with Crippen molar-refractivity contribution in [2.24, 2.45) is 0 Å². The Morgan fingerprint density at radius 1 is 1.10 bits per heavy atom. The highest BCUT2D eigenvalue weighted by Crippen LogP contribution is 2.39. The molecule has 20 heavy (non-hydrogen) atoms. The average molecular weight is 318 g/mol. The van der Waals surface area contributed by atoms with Crippen molar-refractivity contribution in [3.8, 4) is 0 Å². The zero-order chi connectivity index (χ0) is 15.2. The lowest BCUT2D eigenvalue weighted by Gasteiger charge is -2.22. The molecule has 1 saturated heterocycles. The zero-order valence-corrected chi connectivity index (χ0v) is 14.7. The van der Waals surface area contributed by atoms with Crippen LogP contribution in [-0.4, -0.2) is 25.4 Å². The lowest BCUT2D eigenvalue weighted by molar-refractivity contribution is -0.123. The van der Waals surface area contributed by atoms with Crippen LogP contribution in [0.3, 0.4) is 0 Å². The quantitative estimate of drug-likeness (QED) is 0.453. The molecule has 0 aromatic heterocycles. The van der Waals surface area contributed by atoms with Gasteiger partial charge in [-0.1, -0.05) is 45.4 Å². The van der Waals surface area contributed by atoms with Crippen LogP contribution in [0.5, 0.6) is 0 Å². The number of imide groups is 1. The highest BCUT2D eigenvalue weighted by molar-refractivity contribution is 8.17. The van der Waals surface area contributed by atoms with Gasteiger partial charge in [-0.3, -0.25) is 9.59 Å². The lowest BCUT2D eigenvalue weighted by atomic mass is 10.1. The maximum absolute atomic E-state index is 12.2. The molecule has 0 aromatic rings. The van der Waals surface area contributed by atoms with E-state index in [2.05, 4.69) is 6.92 Å². The first kappa shape index (κ1) is 17.9. The van der Waals surface area contributed by atoms with Gasteiger partial charge in [0.15, 0.2) is 0 Å². The SMILES string of the molecule is CCCCCCCCC1SC(=O)N(SC(C)(C)C)C1=O. The Kier molecular flexibility index (Phi) is 7.45. The average Bonchev–Trinajstić information content (AvgIpc) is 2.60. The summed E-state index contributed by atoms with van der Waals surface area (Å²) < 4.78 is 1.26. The van der Waals surface area contributed by atoms with Gasteiger partial charge in [0.1, 0.15) is 0 Å². The van der Waals surface area contributed by atoms with Crippen LogP contribution in [0.25, 0.3) is 0 Å². The van der Waals surface area contributed by atoms with E-state index >= 15 is 0 Å². The Bertz CT molecular complexity index is 339. The van der Waals surface area contributed by atoms with Crippen molar-refractivity contribution >= 4 is 34.9 Å². The minimum Gasteiger partial charge on any atom is -0.272 e. The van der Waals surface area contributed by atoms with Crippen LogP contribution in [0.1, 0.15) is 72.6 Å². The minimum atomic E-state index is -0.150. The molecule has 116 valence electrons. The molecule has 1 atom stereocenters.